The number of carboxylic acids is 1. The summed E-state index contributed by atoms with van der Waals surface area (Å²) in [5.74, 6) is 0.971. The van der Waals surface area contributed by atoms with Crippen LogP contribution in [-0.2, 0) is 9.59 Å². The number of aliphatic carboxylic acids is 1. The van der Waals surface area contributed by atoms with Crippen molar-refractivity contribution < 1.29 is 14.7 Å². The molecule has 14 heavy (non-hydrogen) atoms. The van der Waals surface area contributed by atoms with Crippen LogP contribution in [0.15, 0.2) is 0 Å². The number of hydrogen-bond donors (Lipinski definition) is 2. The van der Waals surface area contributed by atoms with Crippen LogP contribution in [0.3, 0.4) is 0 Å². The van der Waals surface area contributed by atoms with E-state index in [0.717, 1.165) is 12.2 Å². The first-order valence-electron chi connectivity index (χ1n) is 4.62. The highest BCUT2D eigenvalue weighted by Gasteiger charge is 2.15. The summed E-state index contributed by atoms with van der Waals surface area (Å²) in [6, 6.07) is -0.762. The third-order valence-electron chi connectivity index (χ3n) is 1.95. The topological polar surface area (TPSA) is 66.4 Å². The summed E-state index contributed by atoms with van der Waals surface area (Å²) < 4.78 is 0. The Morgan fingerprint density at radius 3 is 2.64 bits per heavy atom. The summed E-state index contributed by atoms with van der Waals surface area (Å²) >= 11 is 1.56. The normalized spacial score (nSPS) is 14.4. The summed E-state index contributed by atoms with van der Waals surface area (Å²) in [6.07, 6.45) is 1.52. The van der Waals surface area contributed by atoms with Crippen molar-refractivity contribution in [2.24, 2.45) is 5.92 Å². The number of thioether (sulfide) groups is 1. The van der Waals surface area contributed by atoms with Crippen molar-refractivity contribution in [2.45, 2.75) is 26.3 Å². The molecule has 0 aromatic rings. The molecule has 0 bridgehead atoms. The first kappa shape index (κ1) is 13.3. The van der Waals surface area contributed by atoms with E-state index in [9.17, 15) is 9.59 Å². The maximum Gasteiger partial charge on any atom is 0.327 e. The Morgan fingerprint density at radius 2 is 2.21 bits per heavy atom. The molecule has 0 saturated heterocycles. The molecule has 0 aromatic carbocycles. The molecule has 0 fully saturated rings. The second-order valence-corrected chi connectivity index (χ2v) is 4.30. The van der Waals surface area contributed by atoms with Crippen LogP contribution < -0.4 is 5.32 Å². The van der Waals surface area contributed by atoms with Gasteiger partial charge in [0.25, 0.3) is 0 Å². The average molecular weight is 219 g/mol. The van der Waals surface area contributed by atoms with Gasteiger partial charge in [0.05, 0.1) is 0 Å². The Balaban J connectivity index is 3.71. The van der Waals surface area contributed by atoms with Crippen LogP contribution in [0.2, 0.25) is 0 Å². The standard InChI is InChI=1S/C9H17NO3S/c1-3-7(2)4-14-5-8(9(12)13)10-6-11/h6-8H,3-5H2,1-2H3,(H,10,11)(H,12,13). The highest BCUT2D eigenvalue weighted by Crippen LogP contribution is 2.12. The fraction of sp³-hybridized carbons (Fsp3) is 0.778. The van der Waals surface area contributed by atoms with E-state index in [-0.39, 0.29) is 0 Å². The van der Waals surface area contributed by atoms with Gasteiger partial charge in [-0.05, 0) is 11.7 Å². The molecule has 2 N–H and O–H groups in total. The maximum absolute atomic E-state index is 10.6. The number of carbonyl (C=O) groups excluding carboxylic acids is 1. The number of carbonyl (C=O) groups is 2. The SMILES string of the molecule is CCC(C)CSCC(NC=O)C(=O)O. The number of rotatable bonds is 8. The highest BCUT2D eigenvalue weighted by molar-refractivity contribution is 7.99. The van der Waals surface area contributed by atoms with Crippen LogP contribution in [-0.4, -0.2) is 35.0 Å². The van der Waals surface area contributed by atoms with Crippen molar-refractivity contribution >= 4 is 24.1 Å². The number of amides is 1. The summed E-state index contributed by atoms with van der Waals surface area (Å²) in [5, 5.41) is 11.0. The van der Waals surface area contributed by atoms with E-state index in [1.807, 2.05) is 0 Å². The monoisotopic (exact) mass is 219 g/mol. The zero-order chi connectivity index (χ0) is 11.0. The molecule has 0 rings (SSSR count). The molecular formula is C9H17NO3S. The lowest BCUT2D eigenvalue weighted by Crippen LogP contribution is -2.38. The van der Waals surface area contributed by atoms with Crippen LogP contribution in [0.1, 0.15) is 20.3 Å². The molecule has 4 nitrogen and oxygen atoms in total. The molecule has 5 heteroatoms. The van der Waals surface area contributed by atoms with Gasteiger partial charge in [-0.25, -0.2) is 4.79 Å². The second-order valence-electron chi connectivity index (χ2n) is 3.23. The van der Waals surface area contributed by atoms with Crippen molar-refractivity contribution in [1.29, 1.82) is 0 Å². The minimum atomic E-state index is -0.978. The van der Waals surface area contributed by atoms with Crippen LogP contribution in [0.4, 0.5) is 0 Å². The molecular weight excluding hydrogens is 202 g/mol. The third-order valence-corrected chi connectivity index (χ3v) is 3.32. The summed E-state index contributed by atoms with van der Waals surface area (Å²) in [5.41, 5.74) is 0. The van der Waals surface area contributed by atoms with Crippen molar-refractivity contribution in [1.82, 2.24) is 5.32 Å². The van der Waals surface area contributed by atoms with E-state index in [2.05, 4.69) is 19.2 Å². The average Bonchev–Trinajstić information content (AvgIpc) is 2.16. The van der Waals surface area contributed by atoms with Gasteiger partial charge >= 0.3 is 5.97 Å². The van der Waals surface area contributed by atoms with E-state index in [1.165, 1.54) is 0 Å². The van der Waals surface area contributed by atoms with Gasteiger partial charge in [-0.2, -0.15) is 11.8 Å². The van der Waals surface area contributed by atoms with Gasteiger partial charge in [0.15, 0.2) is 0 Å². The fourth-order valence-corrected chi connectivity index (χ4v) is 2.03. The van der Waals surface area contributed by atoms with Crippen molar-refractivity contribution in [3.05, 3.63) is 0 Å². The number of hydrogen-bond acceptors (Lipinski definition) is 3. The minimum absolute atomic E-state index is 0.429. The predicted molar refractivity (Wildman–Crippen MR) is 57.4 cm³/mol. The lowest BCUT2D eigenvalue weighted by Gasteiger charge is -2.12. The van der Waals surface area contributed by atoms with Gasteiger partial charge in [0.1, 0.15) is 6.04 Å². The van der Waals surface area contributed by atoms with Gasteiger partial charge in [-0.1, -0.05) is 20.3 Å². The summed E-state index contributed by atoms with van der Waals surface area (Å²) in [6.45, 7) is 4.22. The Hall–Kier alpha value is -0.710. The molecule has 0 aromatic heterocycles. The smallest absolute Gasteiger partial charge is 0.327 e. The van der Waals surface area contributed by atoms with Crippen LogP contribution in [0.5, 0.6) is 0 Å². The lowest BCUT2D eigenvalue weighted by molar-refractivity contribution is -0.139. The van der Waals surface area contributed by atoms with Crippen molar-refractivity contribution in [3.63, 3.8) is 0 Å². The zero-order valence-corrected chi connectivity index (χ0v) is 9.34. The van der Waals surface area contributed by atoms with E-state index < -0.39 is 12.0 Å². The van der Waals surface area contributed by atoms with Crippen molar-refractivity contribution in [3.8, 4) is 0 Å². The van der Waals surface area contributed by atoms with Crippen LogP contribution in [0.25, 0.3) is 0 Å². The van der Waals surface area contributed by atoms with Crippen LogP contribution in [0, 0.1) is 5.92 Å². The molecule has 0 saturated carbocycles. The highest BCUT2D eigenvalue weighted by atomic mass is 32.2. The molecule has 1 amide bonds. The van der Waals surface area contributed by atoms with Gasteiger partial charge in [0, 0.05) is 5.75 Å². The quantitative estimate of drug-likeness (QED) is 0.597. The third kappa shape index (κ3) is 5.85. The van der Waals surface area contributed by atoms with Crippen LogP contribution >= 0.6 is 11.8 Å². The second kappa shape index (κ2) is 7.67. The molecule has 0 aliphatic rings. The Morgan fingerprint density at radius 1 is 1.57 bits per heavy atom. The molecule has 0 heterocycles. The number of nitrogens with one attached hydrogen (secondary N) is 1. The maximum atomic E-state index is 10.6. The van der Waals surface area contributed by atoms with E-state index in [4.69, 9.17) is 5.11 Å². The van der Waals surface area contributed by atoms with Crippen molar-refractivity contribution in [2.75, 3.05) is 11.5 Å². The zero-order valence-electron chi connectivity index (χ0n) is 8.53. The Kier molecular flexibility index (Phi) is 7.28. The van der Waals surface area contributed by atoms with E-state index in [1.54, 1.807) is 11.8 Å². The van der Waals surface area contributed by atoms with Gasteiger partial charge in [0.2, 0.25) is 6.41 Å². The molecule has 0 aliphatic carbocycles. The van der Waals surface area contributed by atoms with Gasteiger partial charge in [-0.15, -0.1) is 0 Å². The number of carboxylic acid groups (broad SMARTS) is 1. The largest absolute Gasteiger partial charge is 0.480 e. The molecule has 2 unspecified atom stereocenters. The molecule has 82 valence electrons. The predicted octanol–water partition coefficient (Wildman–Crippen LogP) is 0.965. The van der Waals surface area contributed by atoms with E-state index in [0.29, 0.717) is 18.1 Å². The first-order chi connectivity index (χ1) is 6.61. The molecule has 0 spiro atoms. The lowest BCUT2D eigenvalue weighted by atomic mass is 10.2. The van der Waals surface area contributed by atoms with Gasteiger partial charge in [-0.3, -0.25) is 4.79 Å². The fourth-order valence-electron chi connectivity index (χ4n) is 0.778. The summed E-state index contributed by atoms with van der Waals surface area (Å²) in [4.78, 5) is 20.7. The van der Waals surface area contributed by atoms with E-state index >= 15 is 0 Å². The molecule has 0 radical (unpaired) electrons. The Labute approximate surface area is 88.4 Å². The molecule has 0 aliphatic heterocycles. The molecule has 2 atom stereocenters. The first-order valence-corrected chi connectivity index (χ1v) is 5.77. The minimum Gasteiger partial charge on any atom is -0.480 e. The van der Waals surface area contributed by atoms with Gasteiger partial charge < -0.3 is 10.4 Å². The summed E-state index contributed by atoms with van der Waals surface area (Å²) in [7, 11) is 0. The Bertz CT molecular complexity index is 187.